The van der Waals surface area contributed by atoms with Gasteiger partial charge in [0.05, 0.1) is 59.9 Å². The minimum Gasteiger partial charge on any atom is -0.493 e. The van der Waals surface area contributed by atoms with Crippen LogP contribution in [0.25, 0.3) is 6.08 Å². The van der Waals surface area contributed by atoms with Gasteiger partial charge >= 0.3 is 11.9 Å². The fourth-order valence-corrected chi connectivity index (χ4v) is 6.35. The van der Waals surface area contributed by atoms with Crippen LogP contribution in [0.3, 0.4) is 0 Å². The Hall–Kier alpha value is -4.10. The lowest BCUT2D eigenvalue weighted by molar-refractivity contribution is -0.143. The predicted molar refractivity (Wildman–Crippen MR) is 172 cm³/mol. The van der Waals surface area contributed by atoms with Crippen molar-refractivity contribution >= 4 is 45.3 Å². The van der Waals surface area contributed by atoms with E-state index in [2.05, 4.69) is 25.7 Å². The minimum absolute atomic E-state index is 0.0867. The number of benzene rings is 2. The van der Waals surface area contributed by atoms with Crippen molar-refractivity contribution in [3.05, 3.63) is 76.9 Å². The summed E-state index contributed by atoms with van der Waals surface area (Å²) in [5.74, 6) is 0.604. The molecular formula is C32H35BrN2O9S. The quantitative estimate of drug-likeness (QED) is 0.254. The molecule has 0 bridgehead atoms. The molecule has 0 saturated heterocycles. The molecule has 4 rings (SSSR count). The van der Waals surface area contributed by atoms with Gasteiger partial charge in [0.2, 0.25) is 0 Å². The van der Waals surface area contributed by atoms with Gasteiger partial charge in [0.25, 0.3) is 5.56 Å². The summed E-state index contributed by atoms with van der Waals surface area (Å²) >= 11 is 4.69. The molecule has 240 valence electrons. The molecule has 0 N–H and O–H groups in total. The molecule has 0 radical (unpaired) electrons. The van der Waals surface area contributed by atoms with E-state index < -0.39 is 18.0 Å². The maximum Gasteiger partial charge on any atom is 0.343 e. The van der Waals surface area contributed by atoms with Gasteiger partial charge in [-0.05, 0) is 92.0 Å². The summed E-state index contributed by atoms with van der Waals surface area (Å²) in [7, 11) is 2.81. The fourth-order valence-electron chi connectivity index (χ4n) is 4.73. The highest BCUT2D eigenvalue weighted by molar-refractivity contribution is 9.10. The smallest absolute Gasteiger partial charge is 0.343 e. The molecule has 1 atom stereocenters. The standard InChI is InChI=1S/C32H35BrN2O9S/c1-8-41-24-13-19(12-21(33)29(24)43-16-26(36)40-7)14-25-30(37)35-28(20-10-11-22(44-17(3)4)23(15-20)39-6)27(31(38)42-9-2)18(5)34-32(35)45-25/h10-15,17,28H,8-9,16H2,1-7H3/b25-14-/t28-/m0/s1. The van der Waals surface area contributed by atoms with Crippen LogP contribution in [0.15, 0.2) is 55.9 Å². The third-order valence-corrected chi connectivity index (χ3v) is 8.15. The van der Waals surface area contributed by atoms with E-state index in [1.807, 2.05) is 20.8 Å². The van der Waals surface area contributed by atoms with E-state index in [0.29, 0.717) is 60.2 Å². The van der Waals surface area contributed by atoms with Crippen molar-refractivity contribution in [2.75, 3.05) is 34.0 Å². The van der Waals surface area contributed by atoms with Crippen molar-refractivity contribution in [1.29, 1.82) is 0 Å². The molecule has 1 aliphatic heterocycles. The molecule has 11 nitrogen and oxygen atoms in total. The lowest BCUT2D eigenvalue weighted by atomic mass is 9.95. The highest BCUT2D eigenvalue weighted by atomic mass is 79.9. The average molecular weight is 704 g/mol. The van der Waals surface area contributed by atoms with Gasteiger partial charge in [-0.2, -0.15) is 0 Å². The molecule has 0 spiro atoms. The van der Waals surface area contributed by atoms with E-state index >= 15 is 0 Å². The summed E-state index contributed by atoms with van der Waals surface area (Å²) in [6, 6.07) is 7.96. The molecule has 2 heterocycles. The molecule has 0 amide bonds. The van der Waals surface area contributed by atoms with Gasteiger partial charge in [-0.3, -0.25) is 9.36 Å². The Balaban J connectivity index is 1.89. The molecule has 0 fully saturated rings. The second-order valence-corrected chi connectivity index (χ2v) is 11.9. The number of carbonyl (C=O) groups excluding carboxylic acids is 2. The van der Waals surface area contributed by atoms with Crippen LogP contribution in [0.2, 0.25) is 0 Å². The molecule has 0 aliphatic carbocycles. The van der Waals surface area contributed by atoms with Crippen molar-refractivity contribution < 1.29 is 38.0 Å². The Labute approximate surface area is 272 Å². The van der Waals surface area contributed by atoms with Crippen molar-refractivity contribution in [1.82, 2.24) is 4.57 Å². The van der Waals surface area contributed by atoms with Gasteiger partial charge in [-0.1, -0.05) is 17.4 Å². The first-order valence-electron chi connectivity index (χ1n) is 14.2. The highest BCUT2D eigenvalue weighted by Crippen LogP contribution is 2.38. The Morgan fingerprint density at radius 1 is 1.07 bits per heavy atom. The number of nitrogens with zero attached hydrogens (tertiary/aromatic N) is 2. The first-order chi connectivity index (χ1) is 21.5. The van der Waals surface area contributed by atoms with Crippen LogP contribution in [0.4, 0.5) is 0 Å². The second-order valence-electron chi connectivity index (χ2n) is 10.0. The Morgan fingerprint density at radius 3 is 2.47 bits per heavy atom. The number of hydrogen-bond acceptors (Lipinski definition) is 11. The minimum atomic E-state index is -0.829. The number of carbonyl (C=O) groups is 2. The van der Waals surface area contributed by atoms with Crippen LogP contribution < -0.4 is 33.8 Å². The third kappa shape index (κ3) is 7.42. The number of fused-ring (bicyclic) bond motifs is 1. The van der Waals surface area contributed by atoms with Gasteiger partial charge in [-0.25, -0.2) is 14.6 Å². The van der Waals surface area contributed by atoms with Crippen LogP contribution in [0.5, 0.6) is 23.0 Å². The number of allylic oxidation sites excluding steroid dienone is 1. The van der Waals surface area contributed by atoms with Gasteiger partial charge in [0, 0.05) is 0 Å². The number of thiazole rings is 1. The zero-order valence-corrected chi connectivity index (χ0v) is 28.5. The molecule has 45 heavy (non-hydrogen) atoms. The van der Waals surface area contributed by atoms with E-state index in [9.17, 15) is 14.4 Å². The number of halogens is 1. The maximum absolute atomic E-state index is 14.1. The first-order valence-corrected chi connectivity index (χ1v) is 15.8. The van der Waals surface area contributed by atoms with Gasteiger partial charge < -0.3 is 28.4 Å². The Kier molecular flexibility index (Phi) is 11.1. The Bertz CT molecular complexity index is 1810. The first kappa shape index (κ1) is 33.8. The molecule has 13 heteroatoms. The largest absolute Gasteiger partial charge is 0.493 e. The van der Waals surface area contributed by atoms with Crippen LogP contribution >= 0.6 is 27.3 Å². The summed E-state index contributed by atoms with van der Waals surface area (Å²) in [6.07, 6.45) is 1.62. The number of hydrogen-bond donors (Lipinski definition) is 0. The molecule has 1 aromatic heterocycles. The van der Waals surface area contributed by atoms with Gasteiger partial charge in [0.15, 0.2) is 34.4 Å². The van der Waals surface area contributed by atoms with E-state index in [4.69, 9.17) is 23.7 Å². The summed E-state index contributed by atoms with van der Waals surface area (Å²) in [6.45, 7) is 9.29. The van der Waals surface area contributed by atoms with E-state index in [1.165, 1.54) is 30.1 Å². The van der Waals surface area contributed by atoms with Crippen LogP contribution in [-0.4, -0.2) is 56.6 Å². The van der Waals surface area contributed by atoms with Gasteiger partial charge in [-0.15, -0.1) is 0 Å². The maximum atomic E-state index is 14.1. The average Bonchev–Trinajstić information content (AvgIpc) is 3.29. The number of aromatic nitrogens is 1. The zero-order chi connectivity index (χ0) is 32.8. The van der Waals surface area contributed by atoms with Crippen LogP contribution in [0, 0.1) is 0 Å². The van der Waals surface area contributed by atoms with Gasteiger partial charge in [0.1, 0.15) is 0 Å². The molecule has 3 aromatic rings. The number of rotatable bonds is 12. The van der Waals surface area contributed by atoms with E-state index in [0.717, 1.165) is 0 Å². The van der Waals surface area contributed by atoms with Crippen LogP contribution in [-0.2, 0) is 19.1 Å². The number of methoxy groups -OCH3 is 2. The summed E-state index contributed by atoms with van der Waals surface area (Å²) in [5.41, 5.74) is 1.61. The fraction of sp³-hybridized carbons (Fsp3) is 0.375. The summed E-state index contributed by atoms with van der Waals surface area (Å²) in [4.78, 5) is 44.1. The third-order valence-electron chi connectivity index (χ3n) is 6.57. The predicted octanol–water partition coefficient (Wildman–Crippen LogP) is 4.31. The SMILES string of the molecule is CCOC(=O)C1=C(C)N=c2s/c(=C\c3cc(Br)c(OCC(=O)OC)c(OCC)c3)c(=O)n2[C@H]1c1ccc(OC(C)C)c(OC)c1. The van der Waals surface area contributed by atoms with Crippen molar-refractivity contribution in [2.24, 2.45) is 4.99 Å². The van der Waals surface area contributed by atoms with E-state index in [1.54, 1.807) is 50.3 Å². The molecule has 1 aliphatic rings. The lowest BCUT2D eigenvalue weighted by Crippen LogP contribution is -2.40. The highest BCUT2D eigenvalue weighted by Gasteiger charge is 2.34. The number of esters is 2. The Morgan fingerprint density at radius 2 is 1.82 bits per heavy atom. The van der Waals surface area contributed by atoms with Crippen molar-refractivity contribution in [3.8, 4) is 23.0 Å². The van der Waals surface area contributed by atoms with Crippen molar-refractivity contribution in [3.63, 3.8) is 0 Å². The van der Waals surface area contributed by atoms with E-state index in [-0.39, 0.29) is 30.5 Å². The molecule has 0 saturated carbocycles. The second kappa shape index (κ2) is 14.8. The topological polar surface area (TPSA) is 124 Å². The zero-order valence-electron chi connectivity index (χ0n) is 26.1. The normalized spacial score (nSPS) is 14.5. The summed E-state index contributed by atoms with van der Waals surface area (Å²) < 4.78 is 35.4. The van der Waals surface area contributed by atoms with Crippen molar-refractivity contribution in [2.45, 2.75) is 46.8 Å². The van der Waals surface area contributed by atoms with Crippen LogP contribution in [0.1, 0.15) is 51.8 Å². The lowest BCUT2D eigenvalue weighted by Gasteiger charge is -2.25. The molecule has 0 unspecified atom stereocenters. The monoisotopic (exact) mass is 702 g/mol. The summed E-state index contributed by atoms with van der Waals surface area (Å²) in [5, 5.41) is 0. The molecular weight excluding hydrogens is 668 g/mol. The number of ether oxygens (including phenoxy) is 6. The molecule has 2 aromatic carbocycles.